The van der Waals surface area contributed by atoms with Crippen molar-refractivity contribution in [2.24, 2.45) is 0 Å². The molecule has 0 saturated carbocycles. The molecule has 8 heteroatoms. The van der Waals surface area contributed by atoms with Gasteiger partial charge < -0.3 is 14.5 Å². The molecular formula is C29H31BrN4O3. The number of carbonyl (C=O) groups is 1. The summed E-state index contributed by atoms with van der Waals surface area (Å²) in [6.45, 7) is 3.02. The maximum absolute atomic E-state index is 13.8. The molecule has 0 fully saturated rings. The van der Waals surface area contributed by atoms with Crippen LogP contribution in [0.4, 0.5) is 0 Å². The van der Waals surface area contributed by atoms with Crippen LogP contribution in [0.2, 0.25) is 0 Å². The van der Waals surface area contributed by atoms with Crippen molar-refractivity contribution in [1.29, 1.82) is 0 Å². The lowest BCUT2D eigenvalue weighted by Crippen LogP contribution is -2.43. The molecule has 0 aliphatic heterocycles. The number of rotatable bonds is 10. The summed E-state index contributed by atoms with van der Waals surface area (Å²) >= 11 is 3.48. The third-order valence-electron chi connectivity index (χ3n) is 6.16. The van der Waals surface area contributed by atoms with E-state index in [9.17, 15) is 9.59 Å². The highest BCUT2D eigenvalue weighted by Gasteiger charge is 2.29. The van der Waals surface area contributed by atoms with Gasteiger partial charge in [-0.3, -0.25) is 14.2 Å². The van der Waals surface area contributed by atoms with Crippen LogP contribution in [0.25, 0.3) is 16.6 Å². The monoisotopic (exact) mass is 562 g/mol. The van der Waals surface area contributed by atoms with Gasteiger partial charge in [-0.15, -0.1) is 0 Å². The van der Waals surface area contributed by atoms with E-state index >= 15 is 0 Å². The van der Waals surface area contributed by atoms with Gasteiger partial charge in [-0.25, -0.2) is 4.98 Å². The Morgan fingerprint density at radius 2 is 1.65 bits per heavy atom. The number of likely N-dealkylation sites (N-methyl/N-ethyl adjacent to an activating group) is 1. The number of hydrogen-bond acceptors (Lipinski definition) is 5. The molecular weight excluding hydrogens is 532 g/mol. The summed E-state index contributed by atoms with van der Waals surface area (Å²) in [5.41, 5.74) is 1.14. The van der Waals surface area contributed by atoms with Crippen molar-refractivity contribution in [2.45, 2.75) is 19.4 Å². The zero-order valence-corrected chi connectivity index (χ0v) is 22.9. The van der Waals surface area contributed by atoms with Crippen molar-refractivity contribution in [2.75, 3.05) is 33.8 Å². The minimum atomic E-state index is -0.437. The summed E-state index contributed by atoms with van der Waals surface area (Å²) < 4.78 is 8.35. The highest BCUT2D eigenvalue weighted by Crippen LogP contribution is 2.27. The first kappa shape index (κ1) is 26.6. The van der Waals surface area contributed by atoms with E-state index in [4.69, 9.17) is 9.72 Å². The standard InChI is InChI=1S/C29H31BrN4O3/c1-4-26(33(19-18-32(2)3)27(35)20-37-23-10-6-5-7-11-23)28-31-25-13-9-8-12-24(25)29(36)34(28)22-16-14-21(30)15-17-22/h5-17,26H,4,18-20H2,1-3H3. The second-order valence-electron chi connectivity index (χ2n) is 9.02. The minimum absolute atomic E-state index is 0.107. The average Bonchev–Trinajstić information content (AvgIpc) is 2.91. The Bertz CT molecular complexity index is 1400. The maximum atomic E-state index is 13.8. The van der Waals surface area contributed by atoms with Gasteiger partial charge in [0.25, 0.3) is 11.5 Å². The Morgan fingerprint density at radius 3 is 2.32 bits per heavy atom. The van der Waals surface area contributed by atoms with Crippen molar-refractivity contribution in [3.05, 3.63) is 99.5 Å². The number of halogens is 1. The first-order chi connectivity index (χ1) is 17.9. The van der Waals surface area contributed by atoms with Crippen LogP contribution in [-0.4, -0.2) is 59.0 Å². The summed E-state index contributed by atoms with van der Waals surface area (Å²) in [5.74, 6) is 0.995. The number of ether oxygens (including phenoxy) is 1. The lowest BCUT2D eigenvalue weighted by atomic mass is 10.1. The summed E-state index contributed by atoms with van der Waals surface area (Å²) in [4.78, 5) is 36.2. The normalized spacial score (nSPS) is 12.0. The third kappa shape index (κ3) is 6.26. The van der Waals surface area contributed by atoms with Crippen molar-refractivity contribution in [3.63, 3.8) is 0 Å². The number of amides is 1. The average molecular weight is 563 g/mol. The Morgan fingerprint density at radius 1 is 0.973 bits per heavy atom. The molecule has 4 rings (SSSR count). The highest BCUT2D eigenvalue weighted by atomic mass is 79.9. The van der Waals surface area contributed by atoms with Gasteiger partial charge in [0, 0.05) is 17.6 Å². The maximum Gasteiger partial charge on any atom is 0.266 e. The van der Waals surface area contributed by atoms with Gasteiger partial charge in [0.05, 0.1) is 22.6 Å². The highest BCUT2D eigenvalue weighted by molar-refractivity contribution is 9.10. The minimum Gasteiger partial charge on any atom is -0.484 e. The van der Waals surface area contributed by atoms with Crippen LogP contribution in [0, 0.1) is 0 Å². The van der Waals surface area contributed by atoms with Crippen LogP contribution in [0.1, 0.15) is 25.2 Å². The van der Waals surface area contributed by atoms with Crippen molar-refractivity contribution < 1.29 is 9.53 Å². The van der Waals surface area contributed by atoms with Gasteiger partial charge in [-0.05, 0) is 69.0 Å². The van der Waals surface area contributed by atoms with Crippen molar-refractivity contribution in [3.8, 4) is 11.4 Å². The lowest BCUT2D eigenvalue weighted by molar-refractivity contribution is -0.136. The van der Waals surface area contributed by atoms with E-state index in [0.29, 0.717) is 47.7 Å². The molecule has 0 bridgehead atoms. The van der Waals surface area contributed by atoms with Crippen LogP contribution >= 0.6 is 15.9 Å². The second-order valence-corrected chi connectivity index (χ2v) is 9.94. The van der Waals surface area contributed by atoms with Crippen LogP contribution in [0.15, 0.2) is 88.1 Å². The van der Waals surface area contributed by atoms with Gasteiger partial charge in [-0.2, -0.15) is 0 Å². The predicted molar refractivity (Wildman–Crippen MR) is 150 cm³/mol. The Balaban J connectivity index is 1.81. The Hall–Kier alpha value is -3.49. The Labute approximate surface area is 225 Å². The molecule has 0 N–H and O–H groups in total. The smallest absolute Gasteiger partial charge is 0.266 e. The molecule has 0 spiro atoms. The summed E-state index contributed by atoms with van der Waals surface area (Å²) in [6.07, 6.45) is 0.575. The quantitative estimate of drug-likeness (QED) is 0.270. The van der Waals surface area contributed by atoms with E-state index in [1.54, 1.807) is 15.5 Å². The number of aromatic nitrogens is 2. The van der Waals surface area contributed by atoms with Gasteiger partial charge >= 0.3 is 0 Å². The molecule has 1 unspecified atom stereocenters. The van der Waals surface area contributed by atoms with E-state index in [2.05, 4.69) is 15.9 Å². The van der Waals surface area contributed by atoms with E-state index in [1.807, 2.05) is 98.7 Å². The number of hydrogen-bond donors (Lipinski definition) is 0. The first-order valence-corrected chi connectivity index (χ1v) is 13.1. The number of fused-ring (bicyclic) bond motifs is 1. The number of benzene rings is 3. The molecule has 1 atom stereocenters. The number of nitrogens with zero attached hydrogens (tertiary/aromatic N) is 4. The molecule has 0 aliphatic carbocycles. The zero-order chi connectivity index (χ0) is 26.4. The summed E-state index contributed by atoms with van der Waals surface area (Å²) in [7, 11) is 3.94. The lowest BCUT2D eigenvalue weighted by Gasteiger charge is -2.33. The van der Waals surface area contributed by atoms with Crippen molar-refractivity contribution in [1.82, 2.24) is 19.4 Å². The molecule has 1 amide bonds. The fourth-order valence-electron chi connectivity index (χ4n) is 4.26. The molecule has 0 radical (unpaired) electrons. The van der Waals surface area contributed by atoms with Crippen LogP contribution in [0.3, 0.4) is 0 Å². The van der Waals surface area contributed by atoms with E-state index in [-0.39, 0.29) is 18.1 Å². The van der Waals surface area contributed by atoms with Gasteiger partial charge in [0.15, 0.2) is 6.61 Å². The second kappa shape index (κ2) is 12.2. The number of para-hydroxylation sites is 2. The molecule has 1 heterocycles. The van der Waals surface area contributed by atoms with Gasteiger partial charge in [-0.1, -0.05) is 53.2 Å². The van der Waals surface area contributed by atoms with Crippen molar-refractivity contribution >= 4 is 32.7 Å². The van der Waals surface area contributed by atoms with Crippen LogP contribution in [-0.2, 0) is 4.79 Å². The molecule has 37 heavy (non-hydrogen) atoms. The molecule has 4 aromatic rings. The largest absolute Gasteiger partial charge is 0.484 e. The summed E-state index contributed by atoms with van der Waals surface area (Å²) in [5, 5.41) is 0.530. The van der Waals surface area contributed by atoms with E-state index < -0.39 is 6.04 Å². The molecule has 0 saturated heterocycles. The van der Waals surface area contributed by atoms with Gasteiger partial charge in [0.2, 0.25) is 0 Å². The predicted octanol–water partition coefficient (Wildman–Crippen LogP) is 5.07. The SMILES string of the molecule is CCC(c1nc2ccccc2c(=O)n1-c1ccc(Br)cc1)N(CCN(C)C)C(=O)COc1ccccc1. The fourth-order valence-corrected chi connectivity index (χ4v) is 4.53. The zero-order valence-electron chi connectivity index (χ0n) is 21.3. The van der Waals surface area contributed by atoms with Crippen LogP contribution in [0.5, 0.6) is 5.75 Å². The molecule has 7 nitrogen and oxygen atoms in total. The Kier molecular flexibility index (Phi) is 8.74. The fraction of sp³-hybridized carbons (Fsp3) is 0.276. The molecule has 1 aromatic heterocycles. The van der Waals surface area contributed by atoms with Crippen LogP contribution < -0.4 is 10.3 Å². The third-order valence-corrected chi connectivity index (χ3v) is 6.69. The molecule has 192 valence electrons. The topological polar surface area (TPSA) is 67.7 Å². The van der Waals surface area contributed by atoms with Gasteiger partial charge in [0.1, 0.15) is 11.6 Å². The molecule has 0 aliphatic rings. The summed E-state index contributed by atoms with van der Waals surface area (Å²) in [6, 6.07) is 23.7. The van der Waals surface area contributed by atoms with E-state index in [0.717, 1.165) is 4.47 Å². The first-order valence-electron chi connectivity index (χ1n) is 12.3. The van der Waals surface area contributed by atoms with E-state index in [1.165, 1.54) is 0 Å². The number of carbonyl (C=O) groups excluding carboxylic acids is 1. The molecule has 3 aromatic carbocycles.